The van der Waals surface area contributed by atoms with Gasteiger partial charge in [0.1, 0.15) is 5.75 Å². The van der Waals surface area contributed by atoms with Crippen molar-refractivity contribution < 1.29 is 9.53 Å². The number of carbonyl (C=O) groups is 1. The summed E-state index contributed by atoms with van der Waals surface area (Å²) < 4.78 is 5.94. The summed E-state index contributed by atoms with van der Waals surface area (Å²) in [5, 5.41) is 3.09. The molecule has 0 aliphatic rings. The number of ether oxygens (including phenoxy) is 1. The van der Waals surface area contributed by atoms with E-state index < -0.39 is 6.10 Å². The van der Waals surface area contributed by atoms with E-state index in [9.17, 15) is 4.79 Å². The summed E-state index contributed by atoms with van der Waals surface area (Å²) in [5.41, 5.74) is 2.23. The van der Waals surface area contributed by atoms with Crippen molar-refractivity contribution in [3.05, 3.63) is 65.7 Å². The topological polar surface area (TPSA) is 38.3 Å². The van der Waals surface area contributed by atoms with E-state index in [1.807, 2.05) is 54.6 Å². The summed E-state index contributed by atoms with van der Waals surface area (Å²) in [5.74, 6) is 1.04. The zero-order chi connectivity index (χ0) is 17.5. The van der Waals surface area contributed by atoms with Gasteiger partial charge in [0.05, 0.1) is 6.04 Å². The zero-order valence-corrected chi connectivity index (χ0v) is 15.0. The molecule has 0 fully saturated rings. The normalized spacial score (nSPS) is 13.4. The van der Waals surface area contributed by atoms with Crippen molar-refractivity contribution in [2.45, 2.75) is 52.2 Å². The van der Waals surface area contributed by atoms with Gasteiger partial charge in [-0.05, 0) is 36.5 Å². The summed E-state index contributed by atoms with van der Waals surface area (Å²) in [6.07, 6.45) is 0.299. The highest BCUT2D eigenvalue weighted by Crippen LogP contribution is 2.27. The first-order valence-electron chi connectivity index (χ1n) is 8.63. The molecule has 0 aliphatic carbocycles. The highest BCUT2D eigenvalue weighted by atomic mass is 16.5. The van der Waals surface area contributed by atoms with Crippen LogP contribution in [0.3, 0.4) is 0 Å². The molecule has 128 valence electrons. The van der Waals surface area contributed by atoms with Crippen LogP contribution in [0.25, 0.3) is 0 Å². The minimum atomic E-state index is -0.539. The van der Waals surface area contributed by atoms with E-state index in [-0.39, 0.29) is 11.9 Å². The minimum absolute atomic E-state index is 0.00472. The van der Waals surface area contributed by atoms with Crippen molar-refractivity contribution in [2.75, 3.05) is 0 Å². The standard InChI is InChI=1S/C21H27NO2/c1-5-19(17-11-7-6-8-12-17)22-21(23)16(4)24-20-14-10-9-13-18(20)15(2)3/h6-16,19H,5H2,1-4H3,(H,22,23)/t16-,19-/m0/s1. The molecule has 0 spiro atoms. The molecule has 2 atom stereocenters. The fourth-order valence-corrected chi connectivity index (χ4v) is 2.70. The van der Waals surface area contributed by atoms with Crippen molar-refractivity contribution >= 4 is 5.91 Å². The summed E-state index contributed by atoms with van der Waals surface area (Å²) in [7, 11) is 0. The van der Waals surface area contributed by atoms with Crippen LogP contribution in [0.15, 0.2) is 54.6 Å². The molecule has 3 heteroatoms. The van der Waals surface area contributed by atoms with Gasteiger partial charge in [-0.3, -0.25) is 4.79 Å². The highest BCUT2D eigenvalue weighted by Gasteiger charge is 2.20. The Bertz CT molecular complexity index is 652. The fourth-order valence-electron chi connectivity index (χ4n) is 2.70. The van der Waals surface area contributed by atoms with Crippen LogP contribution in [0.2, 0.25) is 0 Å². The van der Waals surface area contributed by atoms with E-state index in [1.165, 1.54) is 0 Å². The largest absolute Gasteiger partial charge is 0.481 e. The van der Waals surface area contributed by atoms with Crippen molar-refractivity contribution in [2.24, 2.45) is 0 Å². The molecule has 0 bridgehead atoms. The van der Waals surface area contributed by atoms with Gasteiger partial charge < -0.3 is 10.1 Å². The molecule has 0 saturated heterocycles. The Morgan fingerprint density at radius 2 is 1.62 bits per heavy atom. The Kier molecular flexibility index (Phi) is 6.42. The molecular formula is C21H27NO2. The maximum atomic E-state index is 12.5. The maximum Gasteiger partial charge on any atom is 0.261 e. The molecule has 3 nitrogen and oxygen atoms in total. The van der Waals surface area contributed by atoms with Crippen molar-refractivity contribution in [1.82, 2.24) is 5.32 Å². The molecule has 0 radical (unpaired) electrons. The lowest BCUT2D eigenvalue weighted by Crippen LogP contribution is -2.38. The Labute approximate surface area is 145 Å². The van der Waals surface area contributed by atoms with Crippen LogP contribution >= 0.6 is 0 Å². The molecule has 0 heterocycles. The quantitative estimate of drug-likeness (QED) is 0.790. The Balaban J connectivity index is 2.04. The highest BCUT2D eigenvalue weighted by molar-refractivity contribution is 5.81. The van der Waals surface area contributed by atoms with Gasteiger partial charge in [-0.1, -0.05) is 69.3 Å². The number of nitrogens with one attached hydrogen (secondary N) is 1. The second-order valence-corrected chi connectivity index (χ2v) is 6.33. The predicted octanol–water partition coefficient (Wildman–Crippen LogP) is 4.84. The first-order chi connectivity index (χ1) is 11.5. The van der Waals surface area contributed by atoms with Crippen LogP contribution in [-0.4, -0.2) is 12.0 Å². The molecule has 24 heavy (non-hydrogen) atoms. The average molecular weight is 325 g/mol. The molecule has 0 unspecified atom stereocenters. The smallest absolute Gasteiger partial charge is 0.261 e. The van der Waals surface area contributed by atoms with Crippen LogP contribution in [0, 0.1) is 0 Å². The third-order valence-corrected chi connectivity index (χ3v) is 4.14. The number of amides is 1. The Morgan fingerprint density at radius 3 is 2.25 bits per heavy atom. The molecule has 0 aromatic heterocycles. The second-order valence-electron chi connectivity index (χ2n) is 6.33. The van der Waals surface area contributed by atoms with E-state index in [0.717, 1.165) is 23.3 Å². The van der Waals surface area contributed by atoms with Crippen LogP contribution in [0.4, 0.5) is 0 Å². The van der Waals surface area contributed by atoms with Gasteiger partial charge in [-0.25, -0.2) is 0 Å². The molecule has 2 aromatic rings. The SMILES string of the molecule is CC[C@H](NC(=O)[C@H](C)Oc1ccccc1C(C)C)c1ccccc1. The molecule has 2 rings (SSSR count). The van der Waals surface area contributed by atoms with Gasteiger partial charge in [0.2, 0.25) is 0 Å². The van der Waals surface area contributed by atoms with Crippen molar-refractivity contribution in [1.29, 1.82) is 0 Å². The first-order valence-corrected chi connectivity index (χ1v) is 8.63. The monoisotopic (exact) mass is 325 g/mol. The predicted molar refractivity (Wildman–Crippen MR) is 98.2 cm³/mol. The van der Waals surface area contributed by atoms with E-state index in [2.05, 4.69) is 26.1 Å². The summed E-state index contributed by atoms with van der Waals surface area (Å²) in [6, 6.07) is 17.9. The molecule has 0 aliphatic heterocycles. The fraction of sp³-hybridized carbons (Fsp3) is 0.381. The lowest BCUT2D eigenvalue weighted by molar-refractivity contribution is -0.128. The number of hydrogen-bond acceptors (Lipinski definition) is 2. The molecule has 0 saturated carbocycles. The Morgan fingerprint density at radius 1 is 1.00 bits per heavy atom. The van der Waals surface area contributed by atoms with Gasteiger partial charge in [0, 0.05) is 0 Å². The van der Waals surface area contributed by atoms with Gasteiger partial charge >= 0.3 is 0 Å². The van der Waals surface area contributed by atoms with Gasteiger partial charge in [0.15, 0.2) is 6.10 Å². The summed E-state index contributed by atoms with van der Waals surface area (Å²) >= 11 is 0. The van der Waals surface area contributed by atoms with Crippen LogP contribution in [-0.2, 0) is 4.79 Å². The van der Waals surface area contributed by atoms with Gasteiger partial charge in [0.25, 0.3) is 5.91 Å². The van der Waals surface area contributed by atoms with Gasteiger partial charge in [-0.15, -0.1) is 0 Å². The third-order valence-electron chi connectivity index (χ3n) is 4.14. The van der Waals surface area contributed by atoms with E-state index >= 15 is 0 Å². The third kappa shape index (κ3) is 4.60. The van der Waals surface area contributed by atoms with Crippen LogP contribution in [0.5, 0.6) is 5.75 Å². The molecule has 1 N–H and O–H groups in total. The number of para-hydroxylation sites is 1. The number of carbonyl (C=O) groups excluding carboxylic acids is 1. The lowest BCUT2D eigenvalue weighted by Gasteiger charge is -2.22. The molecular weight excluding hydrogens is 298 g/mol. The van der Waals surface area contributed by atoms with Crippen LogP contribution in [0.1, 0.15) is 57.2 Å². The van der Waals surface area contributed by atoms with Crippen LogP contribution < -0.4 is 10.1 Å². The van der Waals surface area contributed by atoms with Crippen molar-refractivity contribution in [3.8, 4) is 5.75 Å². The summed E-state index contributed by atoms with van der Waals surface area (Å²) in [6.45, 7) is 8.10. The minimum Gasteiger partial charge on any atom is -0.481 e. The maximum absolute atomic E-state index is 12.5. The Hall–Kier alpha value is -2.29. The lowest BCUT2D eigenvalue weighted by atomic mass is 10.0. The van der Waals surface area contributed by atoms with E-state index in [0.29, 0.717) is 5.92 Å². The number of hydrogen-bond donors (Lipinski definition) is 1. The summed E-state index contributed by atoms with van der Waals surface area (Å²) in [4.78, 5) is 12.5. The first kappa shape index (κ1) is 18.1. The zero-order valence-electron chi connectivity index (χ0n) is 15.0. The van der Waals surface area contributed by atoms with Gasteiger partial charge in [-0.2, -0.15) is 0 Å². The molecule has 1 amide bonds. The molecule has 2 aromatic carbocycles. The van der Waals surface area contributed by atoms with Crippen molar-refractivity contribution in [3.63, 3.8) is 0 Å². The van der Waals surface area contributed by atoms with E-state index in [1.54, 1.807) is 6.92 Å². The number of benzene rings is 2. The average Bonchev–Trinajstić information content (AvgIpc) is 2.60. The second kappa shape index (κ2) is 8.53. The number of rotatable bonds is 7. The van der Waals surface area contributed by atoms with E-state index in [4.69, 9.17) is 4.74 Å².